The molecule has 2 bridgehead atoms. The second kappa shape index (κ2) is 4.89. The highest BCUT2D eigenvalue weighted by atomic mass is 15.2. The third-order valence-electron chi connectivity index (χ3n) is 5.66. The second-order valence-electron chi connectivity index (χ2n) is 6.84. The molecule has 1 saturated carbocycles. The maximum atomic E-state index is 6.15. The van der Waals surface area contributed by atoms with E-state index in [0.717, 1.165) is 23.9 Å². The second-order valence-corrected chi connectivity index (χ2v) is 6.84. The third-order valence-corrected chi connectivity index (χ3v) is 5.66. The standard InChI is InChI=1S/C15H28N2/c1-11-4-2-3-5-12(11)10-17-14-6-7-15(17)9-13(16)8-14/h11-15H,2-10,16H2,1H3. The van der Waals surface area contributed by atoms with E-state index in [2.05, 4.69) is 11.8 Å². The Hall–Kier alpha value is -0.0800. The first-order chi connectivity index (χ1) is 8.24. The van der Waals surface area contributed by atoms with E-state index in [1.807, 2.05) is 0 Å². The molecule has 1 aliphatic carbocycles. The Kier molecular flexibility index (Phi) is 3.45. The molecule has 3 fully saturated rings. The number of fused-ring (bicyclic) bond motifs is 2. The van der Waals surface area contributed by atoms with Gasteiger partial charge in [-0.2, -0.15) is 0 Å². The summed E-state index contributed by atoms with van der Waals surface area (Å²) in [5, 5.41) is 0. The van der Waals surface area contributed by atoms with E-state index in [-0.39, 0.29) is 0 Å². The van der Waals surface area contributed by atoms with E-state index in [1.54, 1.807) is 0 Å². The molecule has 2 aliphatic heterocycles. The van der Waals surface area contributed by atoms with E-state index < -0.39 is 0 Å². The number of rotatable bonds is 2. The first kappa shape index (κ1) is 12.0. The van der Waals surface area contributed by atoms with Gasteiger partial charge in [-0.1, -0.05) is 26.2 Å². The van der Waals surface area contributed by atoms with Crippen molar-refractivity contribution in [2.75, 3.05) is 6.54 Å². The van der Waals surface area contributed by atoms with Gasteiger partial charge in [0.25, 0.3) is 0 Å². The zero-order chi connectivity index (χ0) is 11.8. The molecule has 0 radical (unpaired) electrons. The Labute approximate surface area is 106 Å². The molecule has 2 N–H and O–H groups in total. The van der Waals surface area contributed by atoms with E-state index in [4.69, 9.17) is 5.73 Å². The Bertz CT molecular complexity index is 252. The van der Waals surface area contributed by atoms with Crippen LogP contribution < -0.4 is 5.73 Å². The van der Waals surface area contributed by atoms with Crippen LogP contribution in [0.3, 0.4) is 0 Å². The van der Waals surface area contributed by atoms with Crippen LogP contribution in [0, 0.1) is 11.8 Å². The highest BCUT2D eigenvalue weighted by Crippen LogP contribution is 2.38. The summed E-state index contributed by atoms with van der Waals surface area (Å²) in [5.74, 6) is 1.93. The van der Waals surface area contributed by atoms with Crippen LogP contribution in [0.4, 0.5) is 0 Å². The highest BCUT2D eigenvalue weighted by molar-refractivity contribution is 4.97. The SMILES string of the molecule is CC1CCCCC1CN1C2CCC1CC(N)C2. The van der Waals surface area contributed by atoms with E-state index in [9.17, 15) is 0 Å². The minimum atomic E-state index is 0.493. The molecular formula is C15H28N2. The van der Waals surface area contributed by atoms with Crippen LogP contribution in [0.25, 0.3) is 0 Å². The van der Waals surface area contributed by atoms with E-state index in [1.165, 1.54) is 57.9 Å². The molecule has 0 aromatic rings. The van der Waals surface area contributed by atoms with Gasteiger partial charge in [0.2, 0.25) is 0 Å². The van der Waals surface area contributed by atoms with Gasteiger partial charge in [0, 0.05) is 24.7 Å². The van der Waals surface area contributed by atoms with Gasteiger partial charge in [-0.05, 0) is 43.9 Å². The monoisotopic (exact) mass is 236 g/mol. The summed E-state index contributed by atoms with van der Waals surface area (Å²) < 4.78 is 0. The van der Waals surface area contributed by atoms with Crippen molar-refractivity contribution in [1.82, 2.24) is 4.90 Å². The molecule has 2 nitrogen and oxygen atoms in total. The molecule has 3 aliphatic rings. The predicted octanol–water partition coefficient (Wildman–Crippen LogP) is 2.77. The summed E-state index contributed by atoms with van der Waals surface area (Å²) >= 11 is 0. The molecular weight excluding hydrogens is 208 g/mol. The molecule has 0 amide bonds. The van der Waals surface area contributed by atoms with Crippen molar-refractivity contribution in [1.29, 1.82) is 0 Å². The molecule has 4 unspecified atom stereocenters. The highest BCUT2D eigenvalue weighted by Gasteiger charge is 2.40. The summed E-state index contributed by atoms with van der Waals surface area (Å²) in [5.41, 5.74) is 6.15. The summed E-state index contributed by atoms with van der Waals surface area (Å²) in [6.45, 7) is 3.85. The molecule has 4 atom stereocenters. The van der Waals surface area contributed by atoms with Crippen molar-refractivity contribution >= 4 is 0 Å². The van der Waals surface area contributed by atoms with Crippen LogP contribution in [-0.4, -0.2) is 29.6 Å². The van der Waals surface area contributed by atoms with Crippen LogP contribution in [0.5, 0.6) is 0 Å². The fourth-order valence-corrected chi connectivity index (χ4v) is 4.55. The van der Waals surface area contributed by atoms with Gasteiger partial charge >= 0.3 is 0 Å². The first-order valence-corrected chi connectivity index (χ1v) is 7.75. The molecule has 2 heterocycles. The average Bonchev–Trinajstić information content (AvgIpc) is 2.56. The van der Waals surface area contributed by atoms with E-state index in [0.29, 0.717) is 6.04 Å². The van der Waals surface area contributed by atoms with Crippen LogP contribution in [-0.2, 0) is 0 Å². The third kappa shape index (κ3) is 2.39. The fraction of sp³-hybridized carbons (Fsp3) is 1.00. The molecule has 17 heavy (non-hydrogen) atoms. The fourth-order valence-electron chi connectivity index (χ4n) is 4.55. The Morgan fingerprint density at radius 2 is 1.65 bits per heavy atom. The van der Waals surface area contributed by atoms with Crippen LogP contribution >= 0.6 is 0 Å². The van der Waals surface area contributed by atoms with Crippen molar-refractivity contribution in [2.45, 2.75) is 76.4 Å². The number of nitrogens with two attached hydrogens (primary N) is 1. The quantitative estimate of drug-likeness (QED) is 0.799. The van der Waals surface area contributed by atoms with Crippen LogP contribution in [0.1, 0.15) is 58.3 Å². The van der Waals surface area contributed by atoms with Gasteiger partial charge in [-0.25, -0.2) is 0 Å². The Morgan fingerprint density at radius 1 is 1.00 bits per heavy atom. The zero-order valence-corrected chi connectivity index (χ0v) is 11.3. The van der Waals surface area contributed by atoms with Crippen molar-refractivity contribution in [3.05, 3.63) is 0 Å². The smallest absolute Gasteiger partial charge is 0.0114 e. The topological polar surface area (TPSA) is 29.3 Å². The molecule has 98 valence electrons. The van der Waals surface area contributed by atoms with Crippen molar-refractivity contribution in [3.8, 4) is 0 Å². The molecule has 0 aromatic heterocycles. The lowest BCUT2D eigenvalue weighted by Crippen LogP contribution is -2.49. The van der Waals surface area contributed by atoms with Gasteiger partial charge in [-0.15, -0.1) is 0 Å². The number of nitrogens with zero attached hydrogens (tertiary/aromatic N) is 1. The zero-order valence-electron chi connectivity index (χ0n) is 11.3. The summed E-state index contributed by atoms with van der Waals surface area (Å²) in [4.78, 5) is 2.84. The summed E-state index contributed by atoms with van der Waals surface area (Å²) in [6, 6.07) is 2.16. The maximum absolute atomic E-state index is 6.15. The molecule has 2 saturated heterocycles. The maximum Gasteiger partial charge on any atom is 0.0114 e. The number of hydrogen-bond acceptors (Lipinski definition) is 2. The lowest BCUT2D eigenvalue weighted by Gasteiger charge is -2.41. The van der Waals surface area contributed by atoms with Gasteiger partial charge < -0.3 is 5.73 Å². The van der Waals surface area contributed by atoms with Crippen molar-refractivity contribution < 1.29 is 0 Å². The van der Waals surface area contributed by atoms with Crippen LogP contribution in [0.2, 0.25) is 0 Å². The Balaban J connectivity index is 1.61. The number of piperidine rings is 1. The molecule has 0 spiro atoms. The van der Waals surface area contributed by atoms with Gasteiger partial charge in [0.1, 0.15) is 0 Å². The molecule has 0 aromatic carbocycles. The largest absolute Gasteiger partial charge is 0.328 e. The van der Waals surface area contributed by atoms with Crippen molar-refractivity contribution in [2.24, 2.45) is 17.6 Å². The van der Waals surface area contributed by atoms with Gasteiger partial charge in [0.05, 0.1) is 0 Å². The summed E-state index contributed by atoms with van der Waals surface area (Å²) in [7, 11) is 0. The normalized spacial score (nSPS) is 47.3. The van der Waals surface area contributed by atoms with Gasteiger partial charge in [0.15, 0.2) is 0 Å². The minimum absolute atomic E-state index is 0.493. The lowest BCUT2D eigenvalue weighted by atomic mass is 9.79. The van der Waals surface area contributed by atoms with Crippen LogP contribution in [0.15, 0.2) is 0 Å². The summed E-state index contributed by atoms with van der Waals surface area (Å²) in [6.07, 6.45) is 11.2. The minimum Gasteiger partial charge on any atom is -0.328 e. The average molecular weight is 236 g/mol. The lowest BCUT2D eigenvalue weighted by molar-refractivity contribution is 0.0802. The van der Waals surface area contributed by atoms with E-state index >= 15 is 0 Å². The Morgan fingerprint density at radius 3 is 2.29 bits per heavy atom. The molecule has 2 heteroatoms. The van der Waals surface area contributed by atoms with Crippen molar-refractivity contribution in [3.63, 3.8) is 0 Å². The molecule has 3 rings (SSSR count). The first-order valence-electron chi connectivity index (χ1n) is 7.75. The number of hydrogen-bond donors (Lipinski definition) is 1. The van der Waals surface area contributed by atoms with Gasteiger partial charge in [-0.3, -0.25) is 4.90 Å². The predicted molar refractivity (Wildman–Crippen MR) is 71.8 cm³/mol.